The van der Waals surface area contributed by atoms with Gasteiger partial charge in [0.25, 0.3) is 5.91 Å². The van der Waals surface area contributed by atoms with Gasteiger partial charge in [-0.1, -0.05) is 20.8 Å². The molecule has 3 rings (SSSR count). The number of amides is 2. The van der Waals surface area contributed by atoms with Gasteiger partial charge < -0.3 is 20.3 Å². The number of ether oxygens (including phenoxy) is 1. The topological polar surface area (TPSA) is 83.6 Å². The Morgan fingerprint density at radius 3 is 2.50 bits per heavy atom. The summed E-state index contributed by atoms with van der Waals surface area (Å²) in [4.78, 5) is 32.0. The minimum absolute atomic E-state index is 0.0800. The molecule has 0 spiro atoms. The predicted octanol–water partition coefficient (Wildman–Crippen LogP) is 3.53. The number of anilines is 3. The van der Waals surface area contributed by atoms with Gasteiger partial charge in [-0.25, -0.2) is 4.98 Å². The first-order valence-corrected chi connectivity index (χ1v) is 10.1. The summed E-state index contributed by atoms with van der Waals surface area (Å²) >= 11 is 1.27. The summed E-state index contributed by atoms with van der Waals surface area (Å²) in [5.41, 5.74) is 0.966. The van der Waals surface area contributed by atoms with E-state index in [9.17, 15) is 9.59 Å². The number of rotatable bonds is 4. The number of aromatic nitrogens is 1. The third kappa shape index (κ3) is 4.88. The van der Waals surface area contributed by atoms with E-state index in [1.165, 1.54) is 11.3 Å². The van der Waals surface area contributed by atoms with Crippen LogP contribution >= 0.6 is 11.3 Å². The zero-order valence-electron chi connectivity index (χ0n) is 16.7. The molecule has 2 N–H and O–H groups in total. The lowest BCUT2D eigenvalue weighted by Gasteiger charge is -2.27. The third-order valence-electron chi connectivity index (χ3n) is 4.38. The van der Waals surface area contributed by atoms with Crippen LogP contribution in [0.4, 0.5) is 16.5 Å². The lowest BCUT2D eigenvalue weighted by atomic mass is 9.96. The molecule has 1 fully saturated rings. The van der Waals surface area contributed by atoms with Gasteiger partial charge in [0.2, 0.25) is 5.91 Å². The van der Waals surface area contributed by atoms with Gasteiger partial charge in [-0.3, -0.25) is 9.59 Å². The number of carbonyl (C=O) groups excluding carboxylic acids is 2. The van der Waals surface area contributed by atoms with Crippen molar-refractivity contribution in [2.75, 3.05) is 41.8 Å². The highest BCUT2D eigenvalue weighted by atomic mass is 32.1. The fourth-order valence-electron chi connectivity index (χ4n) is 2.70. The van der Waals surface area contributed by atoms with E-state index in [1.807, 2.05) is 45.9 Å². The van der Waals surface area contributed by atoms with Crippen LogP contribution in [0.1, 0.15) is 36.0 Å². The number of nitrogens with zero attached hydrogens (tertiary/aromatic N) is 2. The minimum atomic E-state index is -0.492. The zero-order valence-corrected chi connectivity index (χ0v) is 17.5. The van der Waals surface area contributed by atoms with Crippen molar-refractivity contribution >= 4 is 39.7 Å². The van der Waals surface area contributed by atoms with Gasteiger partial charge >= 0.3 is 0 Å². The van der Waals surface area contributed by atoms with E-state index in [0.29, 0.717) is 28.8 Å². The number of morpholine rings is 1. The maximum absolute atomic E-state index is 12.6. The van der Waals surface area contributed by atoms with Crippen molar-refractivity contribution in [3.8, 4) is 0 Å². The van der Waals surface area contributed by atoms with Gasteiger partial charge in [-0.05, 0) is 30.7 Å². The summed E-state index contributed by atoms with van der Waals surface area (Å²) < 4.78 is 5.35. The first kappa shape index (κ1) is 20.3. The van der Waals surface area contributed by atoms with E-state index in [4.69, 9.17) is 4.74 Å². The maximum atomic E-state index is 12.6. The Morgan fingerprint density at radius 2 is 1.89 bits per heavy atom. The molecule has 0 unspecified atom stereocenters. The molecule has 0 radical (unpaired) electrons. The summed E-state index contributed by atoms with van der Waals surface area (Å²) in [6.07, 6.45) is 1.66. The molecule has 1 saturated heterocycles. The van der Waals surface area contributed by atoms with Crippen LogP contribution < -0.4 is 15.5 Å². The molecule has 2 aromatic heterocycles. The molecule has 2 amide bonds. The molecule has 0 saturated carbocycles. The Bertz CT molecular complexity index is 849. The van der Waals surface area contributed by atoms with E-state index >= 15 is 0 Å². The summed E-state index contributed by atoms with van der Waals surface area (Å²) in [5.74, 6) is 0.587. The normalized spacial score (nSPS) is 14.6. The van der Waals surface area contributed by atoms with Crippen LogP contribution in [0.5, 0.6) is 0 Å². The highest BCUT2D eigenvalue weighted by Gasteiger charge is 2.23. The van der Waals surface area contributed by atoms with E-state index in [0.717, 1.165) is 24.5 Å². The maximum Gasteiger partial charge on any atom is 0.266 e. The number of carbonyl (C=O) groups is 2. The molecule has 1 aliphatic rings. The van der Waals surface area contributed by atoms with Gasteiger partial charge in [-0.15, -0.1) is 11.3 Å². The van der Waals surface area contributed by atoms with Crippen molar-refractivity contribution in [3.63, 3.8) is 0 Å². The first-order chi connectivity index (χ1) is 13.2. The van der Waals surface area contributed by atoms with Crippen molar-refractivity contribution < 1.29 is 14.3 Å². The van der Waals surface area contributed by atoms with Crippen molar-refractivity contribution in [1.29, 1.82) is 0 Å². The fraction of sp³-hybridized carbons (Fsp3) is 0.450. The average molecular weight is 403 g/mol. The van der Waals surface area contributed by atoms with E-state index < -0.39 is 5.41 Å². The smallest absolute Gasteiger partial charge is 0.266 e. The molecule has 150 valence electrons. The highest BCUT2D eigenvalue weighted by molar-refractivity contribution is 7.18. The first-order valence-electron chi connectivity index (χ1n) is 9.26. The molecule has 0 atom stereocenters. The van der Waals surface area contributed by atoms with E-state index in [1.54, 1.807) is 6.20 Å². The second kappa shape index (κ2) is 8.28. The van der Waals surface area contributed by atoms with Crippen LogP contribution in [0, 0.1) is 12.3 Å². The molecule has 8 heteroatoms. The van der Waals surface area contributed by atoms with Crippen LogP contribution in [0.2, 0.25) is 0 Å². The van der Waals surface area contributed by atoms with Crippen molar-refractivity contribution in [3.05, 3.63) is 34.8 Å². The lowest BCUT2D eigenvalue weighted by molar-refractivity contribution is -0.123. The summed E-state index contributed by atoms with van der Waals surface area (Å²) in [6, 6.07) is 5.57. The monoisotopic (exact) mass is 402 g/mol. The summed E-state index contributed by atoms with van der Waals surface area (Å²) in [5, 5.41) is 6.43. The van der Waals surface area contributed by atoms with E-state index in [2.05, 4.69) is 20.5 Å². The fourth-order valence-corrected chi connectivity index (χ4v) is 3.66. The van der Waals surface area contributed by atoms with Gasteiger partial charge in [0, 0.05) is 18.5 Å². The van der Waals surface area contributed by atoms with Crippen LogP contribution in [-0.4, -0.2) is 43.1 Å². The van der Waals surface area contributed by atoms with Crippen LogP contribution in [0.3, 0.4) is 0 Å². The van der Waals surface area contributed by atoms with Crippen molar-refractivity contribution in [2.45, 2.75) is 27.7 Å². The molecule has 1 aliphatic heterocycles. The predicted molar refractivity (Wildman–Crippen MR) is 112 cm³/mol. The van der Waals surface area contributed by atoms with Crippen LogP contribution in [0.25, 0.3) is 0 Å². The number of pyridine rings is 1. The molecular weight excluding hydrogens is 376 g/mol. The van der Waals surface area contributed by atoms with Gasteiger partial charge in [-0.2, -0.15) is 0 Å². The number of nitrogens with one attached hydrogen (secondary N) is 2. The third-order valence-corrected chi connectivity index (χ3v) is 5.53. The molecule has 0 aliphatic carbocycles. The standard InChI is InChI=1S/C20H26N4O3S/c1-13-11-16(23-19(26)20(2,3)4)28-17(13)18(25)22-14-5-6-15(21-12-14)24-7-9-27-10-8-24/h5-6,11-12H,7-10H2,1-4H3,(H,22,25)(H,23,26). The Morgan fingerprint density at radius 1 is 1.18 bits per heavy atom. The van der Waals surface area contributed by atoms with Crippen molar-refractivity contribution in [1.82, 2.24) is 4.98 Å². The minimum Gasteiger partial charge on any atom is -0.378 e. The van der Waals surface area contributed by atoms with Gasteiger partial charge in [0.1, 0.15) is 5.82 Å². The highest BCUT2D eigenvalue weighted by Crippen LogP contribution is 2.29. The average Bonchev–Trinajstić information content (AvgIpc) is 3.02. The van der Waals surface area contributed by atoms with E-state index in [-0.39, 0.29) is 11.8 Å². The molecule has 3 heterocycles. The van der Waals surface area contributed by atoms with Crippen LogP contribution in [-0.2, 0) is 9.53 Å². The molecule has 2 aromatic rings. The number of aryl methyl sites for hydroxylation is 1. The van der Waals surface area contributed by atoms with Gasteiger partial charge in [0.15, 0.2) is 0 Å². The Balaban J connectivity index is 1.65. The van der Waals surface area contributed by atoms with Gasteiger partial charge in [0.05, 0.1) is 35.0 Å². The van der Waals surface area contributed by atoms with Crippen molar-refractivity contribution in [2.24, 2.45) is 5.41 Å². The zero-order chi connectivity index (χ0) is 20.3. The van der Waals surface area contributed by atoms with Crippen LogP contribution in [0.15, 0.2) is 24.4 Å². The number of thiophene rings is 1. The number of hydrogen-bond donors (Lipinski definition) is 2. The Labute approximate surface area is 169 Å². The largest absolute Gasteiger partial charge is 0.378 e. The summed E-state index contributed by atoms with van der Waals surface area (Å²) in [6.45, 7) is 10.4. The second-order valence-corrected chi connectivity index (χ2v) is 8.84. The Hall–Kier alpha value is -2.45. The Kier molecular flexibility index (Phi) is 6.00. The quantitative estimate of drug-likeness (QED) is 0.817. The molecular formula is C20H26N4O3S. The number of hydrogen-bond acceptors (Lipinski definition) is 6. The SMILES string of the molecule is Cc1cc(NC(=O)C(C)(C)C)sc1C(=O)Nc1ccc(N2CCOCC2)nc1. The molecule has 7 nitrogen and oxygen atoms in total. The molecule has 0 aromatic carbocycles. The molecule has 0 bridgehead atoms. The second-order valence-electron chi connectivity index (χ2n) is 7.79. The lowest BCUT2D eigenvalue weighted by Crippen LogP contribution is -2.36. The summed E-state index contributed by atoms with van der Waals surface area (Å²) in [7, 11) is 0. The molecule has 28 heavy (non-hydrogen) atoms.